The summed E-state index contributed by atoms with van der Waals surface area (Å²) in [5.41, 5.74) is 22.4. The van der Waals surface area contributed by atoms with E-state index in [9.17, 15) is 0 Å². The Hall–Kier alpha value is -10.2. The third kappa shape index (κ3) is 13.4. The molecule has 2 aliphatic heterocycles. The van der Waals surface area contributed by atoms with Crippen molar-refractivity contribution in [1.29, 1.82) is 0 Å². The van der Waals surface area contributed by atoms with Crippen LogP contribution in [0.5, 0.6) is 0 Å². The molecule has 3 aromatic heterocycles. The van der Waals surface area contributed by atoms with Gasteiger partial charge in [-0.25, -0.2) is 0 Å². The number of nitrogens with zero attached hydrogens (tertiary/aromatic N) is 3. The minimum absolute atomic E-state index is 0.331. The minimum atomic E-state index is -0.345. The highest BCUT2D eigenvalue weighted by Gasteiger charge is 2.53. The Labute approximate surface area is 660 Å². The molecule has 14 aromatic carbocycles. The number of aromatic nitrogens is 3. The summed E-state index contributed by atoms with van der Waals surface area (Å²) < 4.78 is 32.4. The van der Waals surface area contributed by atoms with Gasteiger partial charge in [0.2, 0.25) is 0 Å². The third-order valence-electron chi connectivity index (χ3n) is 22.4. The normalized spacial score (nSPS) is 14.9. The highest BCUT2D eigenvalue weighted by atomic mass is 79.9. The number of halogens is 4. The van der Waals surface area contributed by atoms with Gasteiger partial charge < -0.3 is 32.3 Å². The molecule has 2 aliphatic rings. The molecule has 0 spiro atoms. The lowest BCUT2D eigenvalue weighted by Crippen LogP contribution is -2.41. The van der Waals surface area contributed by atoms with Gasteiger partial charge in [-0.2, -0.15) is 0 Å². The van der Waals surface area contributed by atoms with Crippen molar-refractivity contribution >= 4 is 141 Å². The van der Waals surface area contributed by atoms with Gasteiger partial charge in [-0.15, -0.1) is 0 Å². The number of fused-ring (bicyclic) bond motifs is 9. The van der Waals surface area contributed by atoms with Crippen molar-refractivity contribution < 1.29 is 18.6 Å². The molecule has 109 heavy (non-hydrogen) atoms. The SMILES string of the molecule is CC1(C)OB(c2ccc(B3OC(C)(C)C(C)(C)O3)cc2)OC1(C)C.Clc1cccc2c1c1cc(-c3ccc(-c4ccc5c(c4)c4c(Cl)cccc4n5-c4cccc(-c5ccccc5)c4)cc3)ccc1n2-c1cccc(-c2ccccc2)c1.Clc1cccc2c1c1cc(Br)ccc1n2-c1cccc(-c2ccccc2)c1. The van der Waals surface area contributed by atoms with E-state index in [4.69, 9.17) is 53.4 Å². The topological polar surface area (TPSA) is 51.7 Å². The molecule has 13 heteroatoms. The van der Waals surface area contributed by atoms with Crippen molar-refractivity contribution in [3.8, 4) is 72.7 Å². The Morgan fingerprint density at radius 1 is 0.248 bits per heavy atom. The lowest BCUT2D eigenvalue weighted by molar-refractivity contribution is 0.00578. The predicted molar refractivity (Wildman–Crippen MR) is 464 cm³/mol. The second-order valence-corrected chi connectivity index (χ2v) is 32.3. The zero-order valence-corrected chi connectivity index (χ0v) is 65.6. The smallest absolute Gasteiger partial charge is 0.399 e. The van der Waals surface area contributed by atoms with E-state index in [1.165, 1.54) is 33.4 Å². The van der Waals surface area contributed by atoms with E-state index >= 15 is 0 Å². The molecule has 2 saturated heterocycles. The van der Waals surface area contributed by atoms with E-state index in [-0.39, 0.29) is 36.6 Å². The van der Waals surface area contributed by atoms with E-state index in [0.29, 0.717) is 0 Å². The summed E-state index contributed by atoms with van der Waals surface area (Å²) in [4.78, 5) is 0. The van der Waals surface area contributed by atoms with E-state index in [1.54, 1.807) is 0 Å². The molecule has 0 amide bonds. The maximum Gasteiger partial charge on any atom is 0.494 e. The number of hydrogen-bond donors (Lipinski definition) is 0. The van der Waals surface area contributed by atoms with Crippen molar-refractivity contribution in [2.75, 3.05) is 0 Å². The van der Waals surface area contributed by atoms with Gasteiger partial charge in [0.1, 0.15) is 0 Å². The van der Waals surface area contributed by atoms with Crippen molar-refractivity contribution in [3.05, 3.63) is 341 Å². The molecule has 534 valence electrons. The average Bonchev–Trinajstić information content (AvgIpc) is 1.58. The summed E-state index contributed by atoms with van der Waals surface area (Å²) in [6.45, 7) is 16.5. The highest BCUT2D eigenvalue weighted by molar-refractivity contribution is 9.10. The lowest BCUT2D eigenvalue weighted by atomic mass is 9.74. The van der Waals surface area contributed by atoms with Crippen LogP contribution in [0.3, 0.4) is 0 Å². The molecule has 0 saturated carbocycles. The van der Waals surface area contributed by atoms with Crippen molar-refractivity contribution in [3.63, 3.8) is 0 Å². The predicted octanol–water partition coefficient (Wildman–Crippen LogP) is 26.0. The van der Waals surface area contributed by atoms with Gasteiger partial charge in [-0.1, -0.05) is 257 Å². The first-order chi connectivity index (χ1) is 52.7. The number of benzene rings is 14. The maximum atomic E-state index is 6.98. The van der Waals surface area contributed by atoms with Gasteiger partial charge in [0.25, 0.3) is 0 Å². The van der Waals surface area contributed by atoms with Crippen molar-refractivity contribution in [2.24, 2.45) is 0 Å². The molecule has 0 unspecified atom stereocenters. The number of hydrogen-bond acceptors (Lipinski definition) is 4. The highest BCUT2D eigenvalue weighted by Crippen LogP contribution is 2.45. The fourth-order valence-corrected chi connectivity index (χ4v) is 16.4. The first-order valence-corrected chi connectivity index (χ1v) is 38.8. The Morgan fingerprint density at radius 2 is 0.505 bits per heavy atom. The summed E-state index contributed by atoms with van der Waals surface area (Å²) in [7, 11) is -0.690. The molecule has 5 heterocycles. The Balaban J connectivity index is 0.000000140. The molecule has 19 rings (SSSR count). The molecule has 0 atom stereocenters. The van der Waals surface area contributed by atoms with Crippen LogP contribution in [0.25, 0.3) is 138 Å². The van der Waals surface area contributed by atoms with Crippen LogP contribution in [0.15, 0.2) is 326 Å². The molecular formula is C96H77B2BrCl3N3O4. The van der Waals surface area contributed by atoms with Crippen LogP contribution in [0.4, 0.5) is 0 Å². The van der Waals surface area contributed by atoms with E-state index in [0.717, 1.165) is 135 Å². The van der Waals surface area contributed by atoms with Crippen LogP contribution >= 0.6 is 50.7 Å². The summed E-state index contributed by atoms with van der Waals surface area (Å²) in [6, 6.07) is 113. The summed E-state index contributed by atoms with van der Waals surface area (Å²) in [5, 5.41) is 8.86. The minimum Gasteiger partial charge on any atom is -0.399 e. The molecule has 7 nitrogen and oxygen atoms in total. The lowest BCUT2D eigenvalue weighted by Gasteiger charge is -2.32. The average molecular weight is 1540 g/mol. The van der Waals surface area contributed by atoms with Crippen molar-refractivity contribution in [1.82, 2.24) is 13.7 Å². The number of rotatable bonds is 10. The van der Waals surface area contributed by atoms with Gasteiger partial charge in [0.05, 0.1) is 70.6 Å². The molecule has 17 aromatic rings. The van der Waals surface area contributed by atoms with Crippen LogP contribution in [0, 0.1) is 0 Å². The van der Waals surface area contributed by atoms with E-state index < -0.39 is 0 Å². The summed E-state index contributed by atoms with van der Waals surface area (Å²) >= 11 is 24.2. The molecule has 0 aliphatic carbocycles. The van der Waals surface area contributed by atoms with Gasteiger partial charge in [0.15, 0.2) is 0 Å². The van der Waals surface area contributed by atoms with E-state index in [1.807, 2.05) is 66.7 Å². The van der Waals surface area contributed by atoms with E-state index in [2.05, 4.69) is 340 Å². The quantitative estimate of drug-likeness (QED) is 0.128. The molecule has 2 fully saturated rings. The van der Waals surface area contributed by atoms with Crippen molar-refractivity contribution in [2.45, 2.75) is 77.8 Å². The van der Waals surface area contributed by atoms with Gasteiger partial charge >= 0.3 is 14.2 Å². The monoisotopic (exact) mass is 1540 g/mol. The maximum absolute atomic E-state index is 6.98. The van der Waals surface area contributed by atoms with Crippen LogP contribution < -0.4 is 10.9 Å². The Morgan fingerprint density at radius 3 is 0.826 bits per heavy atom. The van der Waals surface area contributed by atoms with Crippen LogP contribution in [-0.4, -0.2) is 50.3 Å². The fraction of sp³-hybridized carbons (Fsp3) is 0.125. The largest absolute Gasteiger partial charge is 0.494 e. The Kier molecular flexibility index (Phi) is 18.9. The van der Waals surface area contributed by atoms with Crippen LogP contribution in [-0.2, 0) is 18.6 Å². The Bertz CT molecular complexity index is 6000. The van der Waals surface area contributed by atoms with Gasteiger partial charge in [-0.3, -0.25) is 0 Å². The van der Waals surface area contributed by atoms with Gasteiger partial charge in [0, 0.05) is 53.9 Å². The second kappa shape index (κ2) is 28.7. The van der Waals surface area contributed by atoms with Crippen LogP contribution in [0.2, 0.25) is 15.1 Å². The molecule has 0 radical (unpaired) electrons. The summed E-state index contributed by atoms with van der Waals surface area (Å²) in [5.74, 6) is 0. The molecule has 0 N–H and O–H groups in total. The fourth-order valence-electron chi connectivity index (χ4n) is 15.2. The second-order valence-electron chi connectivity index (χ2n) is 30.2. The van der Waals surface area contributed by atoms with Gasteiger partial charge in [-0.05, 0) is 237 Å². The molecule has 0 bridgehead atoms. The first kappa shape index (κ1) is 71.7. The van der Waals surface area contributed by atoms with Crippen LogP contribution in [0.1, 0.15) is 55.4 Å². The zero-order chi connectivity index (χ0) is 75.1. The third-order valence-corrected chi connectivity index (χ3v) is 23.8. The summed E-state index contributed by atoms with van der Waals surface area (Å²) in [6.07, 6.45) is 0. The first-order valence-electron chi connectivity index (χ1n) is 36.9. The zero-order valence-electron chi connectivity index (χ0n) is 61.7. The molecular weight excluding hydrogens is 1470 g/mol. The standard InChI is InChI=1S/C54H34Cl2N2.C24H15BrClN.C18H28B2O4/c55-47-19-9-21-51-53(47)45-33-41(27-29-49(45)57(51)43-17-7-15-39(31-43)35-11-3-1-4-12-35)37-23-25-38(26-24-37)42-28-30-50-46(34-42)54-48(56)20-10-22-52(54)58(50)44-18-8-16-40(32-44)36-13-5-2-6-14-36;25-18-12-13-22-20(15-18)24-21(26)10-5-11-23(24)27(22)19-9-4-8-17(14-19)16-6-2-1-3-7-16;1-15(2)16(3,4)22-19(21-15)13-9-11-14(12-10-13)20-23-17(5,6)18(7,8)24-20/h1-34H;1-15H;9-12H,1-8H3.